The number of thioether (sulfide) groups is 1. The second-order valence-electron chi connectivity index (χ2n) is 7.62. The molecule has 0 unspecified atom stereocenters. The van der Waals surface area contributed by atoms with Crippen molar-refractivity contribution in [3.05, 3.63) is 58.4 Å². The summed E-state index contributed by atoms with van der Waals surface area (Å²) in [4.78, 5) is 43.7. The summed E-state index contributed by atoms with van der Waals surface area (Å²) < 4.78 is 7.31. The molecular weight excluding hydrogens is 470 g/mol. The first-order valence-corrected chi connectivity index (χ1v) is 12.7. The number of para-hydroxylation sites is 1. The molecule has 4 rings (SSSR count). The number of carbonyl (C=O) groups is 3. The Balaban J connectivity index is 1.46. The fraction of sp³-hybridized carbons (Fsp3) is 0.280. The molecule has 0 fully saturated rings. The van der Waals surface area contributed by atoms with Crippen LogP contribution in [0.3, 0.4) is 0 Å². The van der Waals surface area contributed by atoms with Crippen molar-refractivity contribution in [2.24, 2.45) is 4.99 Å². The van der Waals surface area contributed by atoms with Gasteiger partial charge in [-0.05, 0) is 42.7 Å². The molecule has 1 aliphatic rings. The lowest BCUT2D eigenvalue weighted by atomic mass is 10.0. The van der Waals surface area contributed by atoms with Gasteiger partial charge >= 0.3 is 5.97 Å². The van der Waals surface area contributed by atoms with Crippen LogP contribution in [0.15, 0.2) is 47.5 Å². The number of amides is 2. The maximum absolute atomic E-state index is 12.8. The number of terminal acetylenes is 1. The first-order chi connectivity index (χ1) is 16.5. The minimum absolute atomic E-state index is 0.00968. The van der Waals surface area contributed by atoms with E-state index in [1.54, 1.807) is 27.7 Å². The molecule has 9 heteroatoms. The number of thiazole rings is 1. The average molecular weight is 494 g/mol. The van der Waals surface area contributed by atoms with E-state index in [9.17, 15) is 14.4 Å². The Bertz CT molecular complexity index is 1370. The standard InChI is InChI=1S/C25H23N3O4S2/c1-3-12-28-20-11-10-18(24(31)32-2)14-21(20)34-25(28)26-22(29)15-33-16-23(30)27-13-6-8-17-7-4-5-9-19(17)27/h1,4-5,7,9-11,14H,6,8,12-13,15-16H2,2H3. The predicted octanol–water partition coefficient (Wildman–Crippen LogP) is 3.26. The van der Waals surface area contributed by atoms with E-state index in [0.717, 1.165) is 28.7 Å². The summed E-state index contributed by atoms with van der Waals surface area (Å²) in [6.45, 7) is 0.930. The monoisotopic (exact) mass is 493 g/mol. The number of benzene rings is 2. The molecule has 0 atom stereocenters. The highest BCUT2D eigenvalue weighted by Gasteiger charge is 2.22. The van der Waals surface area contributed by atoms with Crippen LogP contribution in [-0.2, 0) is 27.3 Å². The molecule has 7 nitrogen and oxygen atoms in total. The van der Waals surface area contributed by atoms with Crippen LogP contribution in [0, 0.1) is 12.3 Å². The number of aryl methyl sites for hydroxylation is 1. The molecule has 0 bridgehead atoms. The van der Waals surface area contributed by atoms with E-state index in [0.29, 0.717) is 16.9 Å². The van der Waals surface area contributed by atoms with Crippen molar-refractivity contribution in [1.82, 2.24) is 4.57 Å². The molecule has 0 radical (unpaired) electrons. The van der Waals surface area contributed by atoms with Gasteiger partial charge in [0, 0.05) is 12.2 Å². The number of esters is 1. The van der Waals surface area contributed by atoms with E-state index in [1.807, 2.05) is 18.2 Å². The molecule has 1 aromatic heterocycles. The molecule has 174 valence electrons. The Morgan fingerprint density at radius 3 is 2.82 bits per heavy atom. The third kappa shape index (κ3) is 5.08. The fourth-order valence-corrected chi connectivity index (χ4v) is 5.64. The number of ether oxygens (including phenoxy) is 1. The number of fused-ring (bicyclic) bond motifs is 2. The van der Waals surface area contributed by atoms with Gasteiger partial charge in [-0.1, -0.05) is 35.5 Å². The third-order valence-corrected chi connectivity index (χ3v) is 7.38. The third-order valence-electron chi connectivity index (χ3n) is 5.44. The van der Waals surface area contributed by atoms with Crippen molar-refractivity contribution in [1.29, 1.82) is 0 Å². The Kier molecular flexibility index (Phi) is 7.50. The fourth-order valence-electron chi connectivity index (χ4n) is 3.88. The maximum atomic E-state index is 12.8. The first-order valence-electron chi connectivity index (χ1n) is 10.7. The van der Waals surface area contributed by atoms with Crippen molar-refractivity contribution >= 4 is 56.8 Å². The van der Waals surface area contributed by atoms with E-state index < -0.39 is 5.97 Å². The molecule has 3 aromatic rings. The molecule has 34 heavy (non-hydrogen) atoms. The number of rotatable bonds is 6. The summed E-state index contributed by atoms with van der Waals surface area (Å²) in [6.07, 6.45) is 7.42. The van der Waals surface area contributed by atoms with E-state index >= 15 is 0 Å². The van der Waals surface area contributed by atoms with Gasteiger partial charge in [-0.3, -0.25) is 9.59 Å². The number of methoxy groups -OCH3 is 1. The molecule has 2 amide bonds. The smallest absolute Gasteiger partial charge is 0.337 e. The Hall–Kier alpha value is -3.35. The Morgan fingerprint density at radius 1 is 1.21 bits per heavy atom. The number of hydrogen-bond donors (Lipinski definition) is 0. The number of anilines is 1. The Morgan fingerprint density at radius 2 is 2.03 bits per heavy atom. The molecule has 0 aliphatic carbocycles. The van der Waals surface area contributed by atoms with Gasteiger partial charge in [-0.25, -0.2) is 4.79 Å². The van der Waals surface area contributed by atoms with Gasteiger partial charge in [0.05, 0.1) is 40.9 Å². The Labute approximate surface area is 205 Å². The summed E-state index contributed by atoms with van der Waals surface area (Å²) in [5.74, 6) is 2.07. The van der Waals surface area contributed by atoms with E-state index in [2.05, 4.69) is 17.0 Å². The molecule has 0 saturated heterocycles. The second-order valence-corrected chi connectivity index (χ2v) is 9.62. The summed E-state index contributed by atoms with van der Waals surface area (Å²) in [5.41, 5.74) is 3.34. The van der Waals surface area contributed by atoms with Gasteiger partial charge in [0.2, 0.25) is 5.91 Å². The summed E-state index contributed by atoms with van der Waals surface area (Å²) in [6, 6.07) is 13.1. The van der Waals surface area contributed by atoms with Crippen LogP contribution in [0.5, 0.6) is 0 Å². The number of aromatic nitrogens is 1. The normalized spacial score (nSPS) is 13.4. The zero-order chi connectivity index (χ0) is 24.1. The van der Waals surface area contributed by atoms with Crippen molar-refractivity contribution in [2.45, 2.75) is 19.4 Å². The summed E-state index contributed by atoms with van der Waals surface area (Å²) in [5, 5.41) is 0. The molecule has 0 N–H and O–H groups in total. The minimum atomic E-state index is -0.439. The van der Waals surface area contributed by atoms with Crippen molar-refractivity contribution in [2.75, 3.05) is 30.1 Å². The van der Waals surface area contributed by atoms with Crippen molar-refractivity contribution in [3.63, 3.8) is 0 Å². The van der Waals surface area contributed by atoms with Crippen LogP contribution in [0.1, 0.15) is 22.3 Å². The van der Waals surface area contributed by atoms with Gasteiger partial charge in [-0.15, -0.1) is 18.2 Å². The van der Waals surface area contributed by atoms with Crippen LogP contribution >= 0.6 is 23.1 Å². The van der Waals surface area contributed by atoms with Gasteiger partial charge in [-0.2, -0.15) is 4.99 Å². The SMILES string of the molecule is C#CCn1c(=NC(=O)CSCC(=O)N2CCCc3ccccc32)sc2cc(C(=O)OC)ccc21. The topological polar surface area (TPSA) is 81.0 Å². The van der Waals surface area contributed by atoms with Crippen LogP contribution in [0.4, 0.5) is 5.69 Å². The minimum Gasteiger partial charge on any atom is -0.465 e. The van der Waals surface area contributed by atoms with Crippen LogP contribution in [-0.4, -0.2) is 47.5 Å². The lowest BCUT2D eigenvalue weighted by Gasteiger charge is -2.29. The van der Waals surface area contributed by atoms with Crippen LogP contribution < -0.4 is 9.70 Å². The van der Waals surface area contributed by atoms with Crippen LogP contribution in [0.2, 0.25) is 0 Å². The highest BCUT2D eigenvalue weighted by molar-refractivity contribution is 8.00. The first kappa shape index (κ1) is 23.8. The van der Waals surface area contributed by atoms with E-state index in [-0.39, 0.29) is 29.9 Å². The van der Waals surface area contributed by atoms with Gasteiger partial charge in [0.15, 0.2) is 4.80 Å². The van der Waals surface area contributed by atoms with Crippen LogP contribution in [0.25, 0.3) is 10.2 Å². The highest BCUT2D eigenvalue weighted by Crippen LogP contribution is 2.27. The quantitative estimate of drug-likeness (QED) is 0.389. The molecule has 2 aromatic carbocycles. The van der Waals surface area contributed by atoms with Gasteiger partial charge < -0.3 is 14.2 Å². The maximum Gasteiger partial charge on any atom is 0.337 e. The molecule has 0 spiro atoms. The van der Waals surface area contributed by atoms with E-state index in [4.69, 9.17) is 11.2 Å². The number of nitrogens with zero attached hydrogens (tertiary/aromatic N) is 3. The zero-order valence-electron chi connectivity index (χ0n) is 18.7. The number of carbonyl (C=O) groups excluding carboxylic acids is 3. The largest absolute Gasteiger partial charge is 0.465 e. The van der Waals surface area contributed by atoms with E-state index in [1.165, 1.54) is 35.8 Å². The lowest BCUT2D eigenvalue weighted by molar-refractivity contribution is -0.116. The van der Waals surface area contributed by atoms with Crippen molar-refractivity contribution in [3.8, 4) is 12.3 Å². The predicted molar refractivity (Wildman–Crippen MR) is 135 cm³/mol. The average Bonchev–Trinajstić information content (AvgIpc) is 3.19. The molecular formula is C25H23N3O4S2. The second kappa shape index (κ2) is 10.7. The van der Waals surface area contributed by atoms with Gasteiger partial charge in [0.1, 0.15) is 0 Å². The number of hydrogen-bond acceptors (Lipinski definition) is 6. The molecule has 1 aliphatic heterocycles. The molecule has 2 heterocycles. The molecule has 0 saturated carbocycles. The van der Waals surface area contributed by atoms with Gasteiger partial charge in [0.25, 0.3) is 5.91 Å². The summed E-state index contributed by atoms with van der Waals surface area (Å²) in [7, 11) is 1.32. The summed E-state index contributed by atoms with van der Waals surface area (Å²) >= 11 is 2.53. The zero-order valence-corrected chi connectivity index (χ0v) is 20.3. The lowest BCUT2D eigenvalue weighted by Crippen LogP contribution is -2.36. The van der Waals surface area contributed by atoms with Crippen molar-refractivity contribution < 1.29 is 19.1 Å². The highest BCUT2D eigenvalue weighted by atomic mass is 32.2.